The second-order valence-electron chi connectivity index (χ2n) is 4.75. The van der Waals surface area contributed by atoms with Gasteiger partial charge in [0, 0.05) is 12.7 Å². The van der Waals surface area contributed by atoms with Gasteiger partial charge in [0.05, 0.1) is 15.8 Å². The van der Waals surface area contributed by atoms with Gasteiger partial charge in [-0.3, -0.25) is 10.00 Å². The zero-order chi connectivity index (χ0) is 13.4. The normalized spacial score (nSPS) is 14.1. The van der Waals surface area contributed by atoms with Crippen molar-refractivity contribution >= 4 is 22.6 Å². The lowest BCUT2D eigenvalue weighted by Gasteiger charge is -2.22. The van der Waals surface area contributed by atoms with Crippen LogP contribution in [0.15, 0.2) is 12.4 Å². The molecule has 1 N–H and O–H groups in total. The van der Waals surface area contributed by atoms with E-state index in [1.165, 1.54) is 3.57 Å². The van der Waals surface area contributed by atoms with Crippen molar-refractivity contribution in [3.63, 3.8) is 0 Å². The molecule has 1 rings (SSSR count). The summed E-state index contributed by atoms with van der Waals surface area (Å²) in [7, 11) is 0. The molecule has 0 aliphatic carbocycles. The number of halogens is 1. The Balaban J connectivity index is 2.25. The molecule has 1 unspecified atom stereocenters. The molecule has 0 radical (unpaired) electrons. The summed E-state index contributed by atoms with van der Waals surface area (Å²) in [5.74, 6) is 0. The molecule has 1 heterocycles. The third-order valence-electron chi connectivity index (χ3n) is 2.93. The molecule has 0 aliphatic heterocycles. The Morgan fingerprint density at radius 1 is 1.56 bits per heavy atom. The van der Waals surface area contributed by atoms with E-state index in [4.69, 9.17) is 0 Å². The Morgan fingerprint density at radius 2 is 2.33 bits per heavy atom. The SMILES string of the molecule is CCCNC(C)(C#N)CCCCn1cc(I)cn1. The van der Waals surface area contributed by atoms with Gasteiger partial charge in [-0.2, -0.15) is 10.4 Å². The highest BCUT2D eigenvalue weighted by Crippen LogP contribution is 2.13. The third-order valence-corrected chi connectivity index (χ3v) is 3.48. The van der Waals surface area contributed by atoms with E-state index in [9.17, 15) is 5.26 Å². The molecule has 0 bridgehead atoms. The number of aromatic nitrogens is 2. The van der Waals surface area contributed by atoms with Gasteiger partial charge in [0.1, 0.15) is 5.54 Å². The summed E-state index contributed by atoms with van der Waals surface area (Å²) in [4.78, 5) is 0. The topological polar surface area (TPSA) is 53.6 Å². The number of nitriles is 1. The zero-order valence-corrected chi connectivity index (χ0v) is 13.3. The van der Waals surface area contributed by atoms with Gasteiger partial charge in [-0.1, -0.05) is 6.92 Å². The molecule has 4 nitrogen and oxygen atoms in total. The van der Waals surface area contributed by atoms with Crippen LogP contribution in [0, 0.1) is 14.9 Å². The number of nitrogens with zero attached hydrogens (tertiary/aromatic N) is 3. The van der Waals surface area contributed by atoms with Gasteiger partial charge >= 0.3 is 0 Å². The van der Waals surface area contributed by atoms with Gasteiger partial charge in [-0.05, 0) is 61.7 Å². The predicted octanol–water partition coefficient (Wildman–Crippen LogP) is 2.94. The standard InChI is InChI=1S/C13H21IN4/c1-3-7-16-13(2,11-15)6-4-5-8-18-10-12(14)9-17-18/h9-10,16H,3-8H2,1-2H3. The fourth-order valence-electron chi connectivity index (χ4n) is 1.80. The average molecular weight is 360 g/mol. The van der Waals surface area contributed by atoms with Crippen LogP contribution in [0.2, 0.25) is 0 Å². The molecular weight excluding hydrogens is 339 g/mol. The minimum absolute atomic E-state index is 0.380. The Labute approximate surface area is 123 Å². The fourth-order valence-corrected chi connectivity index (χ4v) is 2.24. The quantitative estimate of drug-likeness (QED) is 0.573. The molecule has 1 aromatic rings. The first-order valence-corrected chi connectivity index (χ1v) is 7.52. The fraction of sp³-hybridized carbons (Fsp3) is 0.692. The van der Waals surface area contributed by atoms with Crippen LogP contribution in [0.4, 0.5) is 0 Å². The van der Waals surface area contributed by atoms with Gasteiger partial charge in [0.2, 0.25) is 0 Å². The van der Waals surface area contributed by atoms with Crippen molar-refractivity contribution in [2.45, 2.75) is 51.6 Å². The minimum atomic E-state index is -0.380. The molecule has 0 amide bonds. The largest absolute Gasteiger partial charge is 0.300 e. The summed E-state index contributed by atoms with van der Waals surface area (Å²) >= 11 is 2.26. The molecule has 1 aromatic heterocycles. The van der Waals surface area contributed by atoms with E-state index in [0.717, 1.165) is 38.8 Å². The molecule has 0 fully saturated rings. The Morgan fingerprint density at radius 3 is 2.89 bits per heavy atom. The van der Waals surface area contributed by atoms with Crippen molar-refractivity contribution in [3.8, 4) is 6.07 Å². The summed E-state index contributed by atoms with van der Waals surface area (Å²) in [5.41, 5.74) is -0.380. The maximum Gasteiger partial charge on any atom is 0.103 e. The summed E-state index contributed by atoms with van der Waals surface area (Å²) < 4.78 is 3.13. The van der Waals surface area contributed by atoms with Crippen LogP contribution in [-0.2, 0) is 6.54 Å². The number of aryl methyl sites for hydroxylation is 1. The van der Waals surface area contributed by atoms with Crippen molar-refractivity contribution < 1.29 is 0 Å². The van der Waals surface area contributed by atoms with Crippen molar-refractivity contribution in [2.75, 3.05) is 6.54 Å². The smallest absolute Gasteiger partial charge is 0.103 e. The molecule has 18 heavy (non-hydrogen) atoms. The Hall–Kier alpha value is -0.610. The van der Waals surface area contributed by atoms with Crippen molar-refractivity contribution in [1.29, 1.82) is 5.26 Å². The van der Waals surface area contributed by atoms with E-state index in [2.05, 4.69) is 46.0 Å². The van der Waals surface area contributed by atoms with Gasteiger partial charge in [0.15, 0.2) is 0 Å². The van der Waals surface area contributed by atoms with E-state index in [-0.39, 0.29) is 5.54 Å². The van der Waals surface area contributed by atoms with Crippen molar-refractivity contribution in [1.82, 2.24) is 15.1 Å². The van der Waals surface area contributed by atoms with E-state index in [0.29, 0.717) is 0 Å². The van der Waals surface area contributed by atoms with Crippen LogP contribution in [-0.4, -0.2) is 21.9 Å². The van der Waals surface area contributed by atoms with Crippen LogP contribution in [0.5, 0.6) is 0 Å². The first-order valence-electron chi connectivity index (χ1n) is 6.44. The molecular formula is C13H21IN4. The first kappa shape index (κ1) is 15.4. The monoisotopic (exact) mass is 360 g/mol. The lowest BCUT2D eigenvalue weighted by atomic mass is 9.96. The lowest BCUT2D eigenvalue weighted by Crippen LogP contribution is -2.41. The van der Waals surface area contributed by atoms with E-state index < -0.39 is 0 Å². The highest BCUT2D eigenvalue weighted by atomic mass is 127. The Kier molecular flexibility index (Phi) is 6.65. The number of hydrogen-bond acceptors (Lipinski definition) is 3. The highest BCUT2D eigenvalue weighted by molar-refractivity contribution is 14.1. The molecule has 0 spiro atoms. The maximum atomic E-state index is 9.20. The van der Waals surface area contributed by atoms with Gasteiger partial charge in [-0.15, -0.1) is 0 Å². The van der Waals surface area contributed by atoms with Crippen molar-refractivity contribution in [3.05, 3.63) is 16.0 Å². The second-order valence-corrected chi connectivity index (χ2v) is 6.00. The number of unbranched alkanes of at least 4 members (excludes halogenated alkanes) is 1. The summed E-state index contributed by atoms with van der Waals surface area (Å²) in [6.45, 7) is 5.93. The summed E-state index contributed by atoms with van der Waals surface area (Å²) in [6, 6.07) is 2.38. The van der Waals surface area contributed by atoms with Gasteiger partial charge < -0.3 is 0 Å². The van der Waals surface area contributed by atoms with E-state index >= 15 is 0 Å². The van der Waals surface area contributed by atoms with Crippen molar-refractivity contribution in [2.24, 2.45) is 0 Å². The number of hydrogen-bond donors (Lipinski definition) is 1. The molecule has 0 saturated heterocycles. The molecule has 1 atom stereocenters. The molecule has 5 heteroatoms. The number of rotatable bonds is 8. The average Bonchev–Trinajstić information content (AvgIpc) is 2.78. The summed E-state index contributed by atoms with van der Waals surface area (Å²) in [6.07, 6.45) is 7.95. The van der Waals surface area contributed by atoms with Crippen LogP contribution < -0.4 is 5.32 Å². The van der Waals surface area contributed by atoms with Crippen LogP contribution in [0.3, 0.4) is 0 Å². The lowest BCUT2D eigenvalue weighted by molar-refractivity contribution is 0.393. The molecule has 0 aliphatic rings. The molecule has 0 saturated carbocycles. The third kappa shape index (κ3) is 5.36. The van der Waals surface area contributed by atoms with Gasteiger partial charge in [0.25, 0.3) is 0 Å². The summed E-state index contributed by atoms with van der Waals surface area (Å²) in [5, 5.41) is 16.8. The zero-order valence-electron chi connectivity index (χ0n) is 11.1. The van der Waals surface area contributed by atoms with E-state index in [1.54, 1.807) is 0 Å². The first-order chi connectivity index (χ1) is 8.59. The van der Waals surface area contributed by atoms with E-state index in [1.807, 2.05) is 24.0 Å². The predicted molar refractivity (Wildman–Crippen MR) is 81.1 cm³/mol. The minimum Gasteiger partial charge on any atom is -0.300 e. The second kappa shape index (κ2) is 7.74. The van der Waals surface area contributed by atoms with Crippen LogP contribution in [0.25, 0.3) is 0 Å². The molecule has 100 valence electrons. The van der Waals surface area contributed by atoms with Crippen LogP contribution in [0.1, 0.15) is 39.5 Å². The number of nitrogens with one attached hydrogen (secondary N) is 1. The highest BCUT2D eigenvalue weighted by Gasteiger charge is 2.21. The maximum absolute atomic E-state index is 9.20. The van der Waals surface area contributed by atoms with Crippen LogP contribution >= 0.6 is 22.6 Å². The van der Waals surface area contributed by atoms with Gasteiger partial charge in [-0.25, -0.2) is 0 Å². The molecule has 0 aromatic carbocycles. The Bertz CT molecular complexity index is 396.